The first kappa shape index (κ1) is 15.7. The fourth-order valence-electron chi connectivity index (χ4n) is 2.19. The molecular formula is C17H13ClFN3. The van der Waals surface area contributed by atoms with E-state index in [0.29, 0.717) is 16.6 Å². The number of aryl methyl sites for hydroxylation is 1. The fraction of sp³-hybridized carbons (Fsp3) is 0.0588. The lowest BCUT2D eigenvalue weighted by Crippen LogP contribution is -1.97. The summed E-state index contributed by atoms with van der Waals surface area (Å²) in [5.41, 5.74) is 3.20. The minimum Gasteiger partial charge on any atom is -0.354 e. The quantitative estimate of drug-likeness (QED) is 0.744. The number of benzene rings is 2. The molecule has 3 aromatic rings. The molecular weight excluding hydrogens is 301 g/mol. The molecule has 0 saturated carbocycles. The van der Waals surface area contributed by atoms with Crippen molar-refractivity contribution in [3.8, 4) is 6.07 Å². The average Bonchev–Trinajstić information content (AvgIpc) is 2.50. The van der Waals surface area contributed by atoms with E-state index in [4.69, 9.17) is 0 Å². The van der Waals surface area contributed by atoms with E-state index in [-0.39, 0.29) is 17.9 Å². The highest BCUT2D eigenvalue weighted by Gasteiger charge is 2.11. The Bertz CT molecular complexity index is 854. The summed E-state index contributed by atoms with van der Waals surface area (Å²) in [4.78, 5) is 4.03. The van der Waals surface area contributed by atoms with Crippen molar-refractivity contribution in [3.63, 3.8) is 0 Å². The van der Waals surface area contributed by atoms with E-state index >= 15 is 0 Å². The van der Waals surface area contributed by atoms with E-state index in [2.05, 4.69) is 16.4 Å². The predicted molar refractivity (Wildman–Crippen MR) is 88.1 cm³/mol. The average molecular weight is 314 g/mol. The van der Waals surface area contributed by atoms with Crippen molar-refractivity contribution in [2.45, 2.75) is 6.92 Å². The maximum absolute atomic E-state index is 13.8. The van der Waals surface area contributed by atoms with Crippen LogP contribution in [0.15, 0.2) is 48.7 Å². The van der Waals surface area contributed by atoms with Crippen molar-refractivity contribution < 1.29 is 4.39 Å². The highest BCUT2D eigenvalue weighted by atomic mass is 35.5. The second-order valence-electron chi connectivity index (χ2n) is 4.79. The Balaban J connectivity index is 0.00000176. The minimum absolute atomic E-state index is 0. The van der Waals surface area contributed by atoms with Crippen LogP contribution in [0.25, 0.3) is 10.9 Å². The number of nitriles is 1. The van der Waals surface area contributed by atoms with Crippen LogP contribution < -0.4 is 5.32 Å². The number of anilines is 2. The first-order valence-corrected chi connectivity index (χ1v) is 6.50. The molecule has 5 heteroatoms. The van der Waals surface area contributed by atoms with Crippen molar-refractivity contribution >= 4 is 34.7 Å². The summed E-state index contributed by atoms with van der Waals surface area (Å²) in [6.07, 6.45) is 1.39. The number of para-hydroxylation sites is 1. The molecule has 0 saturated heterocycles. The monoisotopic (exact) mass is 313 g/mol. The van der Waals surface area contributed by atoms with Crippen LogP contribution in [0.4, 0.5) is 15.8 Å². The third kappa shape index (κ3) is 2.85. The topological polar surface area (TPSA) is 48.7 Å². The molecule has 22 heavy (non-hydrogen) atoms. The van der Waals surface area contributed by atoms with Crippen molar-refractivity contribution in [1.82, 2.24) is 4.98 Å². The lowest BCUT2D eigenvalue weighted by Gasteiger charge is -2.11. The first-order chi connectivity index (χ1) is 10.2. The minimum atomic E-state index is -0.399. The van der Waals surface area contributed by atoms with Crippen LogP contribution in [0.5, 0.6) is 0 Å². The molecule has 0 unspecified atom stereocenters. The predicted octanol–water partition coefficient (Wildman–Crippen LogP) is 4.72. The standard InChI is InChI=1S/C17H12FN3.ClH/c1-11-5-7-13(8-6-11)21-16-12(9-19)10-20-17-14(16)3-2-4-15(17)18;/h2-8,10H,1H3,(H,20,21);1H. The lowest BCUT2D eigenvalue weighted by molar-refractivity contribution is 0.637. The van der Waals surface area contributed by atoms with Crippen molar-refractivity contribution in [1.29, 1.82) is 5.26 Å². The van der Waals surface area contributed by atoms with E-state index in [1.165, 1.54) is 12.3 Å². The lowest BCUT2D eigenvalue weighted by atomic mass is 10.1. The Labute approximate surface area is 133 Å². The summed E-state index contributed by atoms with van der Waals surface area (Å²) in [6, 6.07) is 14.6. The highest BCUT2D eigenvalue weighted by Crippen LogP contribution is 2.29. The van der Waals surface area contributed by atoms with Crippen LogP contribution in [0, 0.1) is 24.1 Å². The SMILES string of the molecule is Cc1ccc(Nc2c(C#N)cnc3c(F)cccc23)cc1.Cl. The van der Waals surface area contributed by atoms with Gasteiger partial charge in [0, 0.05) is 17.3 Å². The fourth-order valence-corrected chi connectivity index (χ4v) is 2.19. The van der Waals surface area contributed by atoms with Gasteiger partial charge in [-0.2, -0.15) is 5.26 Å². The molecule has 2 aromatic carbocycles. The van der Waals surface area contributed by atoms with Crippen molar-refractivity contribution in [2.24, 2.45) is 0 Å². The number of hydrogen-bond donors (Lipinski definition) is 1. The Kier molecular flexibility index (Phi) is 4.59. The van der Waals surface area contributed by atoms with E-state index in [1.807, 2.05) is 31.2 Å². The normalized spacial score (nSPS) is 9.86. The van der Waals surface area contributed by atoms with Gasteiger partial charge in [-0.1, -0.05) is 29.8 Å². The van der Waals surface area contributed by atoms with Gasteiger partial charge in [-0.05, 0) is 25.1 Å². The number of pyridine rings is 1. The van der Waals surface area contributed by atoms with Crippen LogP contribution in [-0.4, -0.2) is 4.98 Å². The van der Waals surface area contributed by atoms with E-state index < -0.39 is 5.82 Å². The second-order valence-corrected chi connectivity index (χ2v) is 4.79. The van der Waals surface area contributed by atoms with E-state index in [1.54, 1.807) is 12.1 Å². The summed E-state index contributed by atoms with van der Waals surface area (Å²) < 4.78 is 13.8. The molecule has 0 atom stereocenters. The van der Waals surface area contributed by atoms with Gasteiger partial charge in [-0.15, -0.1) is 12.4 Å². The van der Waals surface area contributed by atoms with Gasteiger partial charge in [0.2, 0.25) is 0 Å². The van der Waals surface area contributed by atoms with Crippen LogP contribution in [-0.2, 0) is 0 Å². The molecule has 0 amide bonds. The molecule has 1 N–H and O–H groups in total. The maximum Gasteiger partial charge on any atom is 0.149 e. The van der Waals surface area contributed by atoms with Gasteiger partial charge >= 0.3 is 0 Å². The number of halogens is 2. The van der Waals surface area contributed by atoms with E-state index in [0.717, 1.165) is 11.3 Å². The molecule has 0 aliphatic carbocycles. The molecule has 110 valence electrons. The Morgan fingerprint density at radius 3 is 2.55 bits per heavy atom. The van der Waals surface area contributed by atoms with Gasteiger partial charge in [-0.3, -0.25) is 4.98 Å². The Morgan fingerprint density at radius 1 is 1.14 bits per heavy atom. The maximum atomic E-state index is 13.8. The number of hydrogen-bond acceptors (Lipinski definition) is 3. The zero-order valence-electron chi connectivity index (χ0n) is 11.8. The van der Waals surface area contributed by atoms with Gasteiger partial charge < -0.3 is 5.32 Å². The Hall–Kier alpha value is -2.64. The van der Waals surface area contributed by atoms with E-state index in [9.17, 15) is 9.65 Å². The van der Waals surface area contributed by atoms with Gasteiger partial charge in [0.15, 0.2) is 0 Å². The Morgan fingerprint density at radius 2 is 1.86 bits per heavy atom. The number of rotatable bonds is 2. The second kappa shape index (κ2) is 6.42. The summed E-state index contributed by atoms with van der Waals surface area (Å²) in [7, 11) is 0. The van der Waals surface area contributed by atoms with Crippen LogP contribution in [0.1, 0.15) is 11.1 Å². The number of aromatic nitrogens is 1. The smallest absolute Gasteiger partial charge is 0.149 e. The molecule has 3 nitrogen and oxygen atoms in total. The van der Waals surface area contributed by atoms with Gasteiger partial charge in [0.25, 0.3) is 0 Å². The van der Waals surface area contributed by atoms with Gasteiger partial charge in [-0.25, -0.2) is 4.39 Å². The molecule has 3 rings (SSSR count). The van der Waals surface area contributed by atoms with Gasteiger partial charge in [0.05, 0.1) is 11.3 Å². The number of nitrogens with one attached hydrogen (secondary N) is 1. The molecule has 1 aromatic heterocycles. The largest absolute Gasteiger partial charge is 0.354 e. The summed E-state index contributed by atoms with van der Waals surface area (Å²) >= 11 is 0. The molecule has 0 radical (unpaired) electrons. The van der Waals surface area contributed by atoms with Gasteiger partial charge in [0.1, 0.15) is 17.4 Å². The molecule has 0 spiro atoms. The molecule has 0 fully saturated rings. The highest BCUT2D eigenvalue weighted by molar-refractivity contribution is 5.95. The van der Waals surface area contributed by atoms with Crippen LogP contribution >= 0.6 is 12.4 Å². The zero-order valence-corrected chi connectivity index (χ0v) is 12.6. The number of nitrogens with zero attached hydrogens (tertiary/aromatic N) is 2. The zero-order chi connectivity index (χ0) is 14.8. The molecule has 0 bridgehead atoms. The van der Waals surface area contributed by atoms with Crippen molar-refractivity contribution in [2.75, 3.05) is 5.32 Å². The van der Waals surface area contributed by atoms with Crippen LogP contribution in [0.2, 0.25) is 0 Å². The first-order valence-electron chi connectivity index (χ1n) is 6.50. The third-order valence-electron chi connectivity index (χ3n) is 3.29. The van der Waals surface area contributed by atoms with Crippen LogP contribution in [0.3, 0.4) is 0 Å². The molecule has 1 heterocycles. The molecule has 0 aliphatic heterocycles. The van der Waals surface area contributed by atoms with Crippen molar-refractivity contribution in [3.05, 3.63) is 65.6 Å². The third-order valence-corrected chi connectivity index (χ3v) is 3.29. The number of fused-ring (bicyclic) bond motifs is 1. The molecule has 0 aliphatic rings. The summed E-state index contributed by atoms with van der Waals surface area (Å²) in [6.45, 7) is 2.00. The summed E-state index contributed by atoms with van der Waals surface area (Å²) in [5.74, 6) is -0.399. The summed E-state index contributed by atoms with van der Waals surface area (Å²) in [5, 5.41) is 13.0.